The third-order valence-electron chi connectivity index (χ3n) is 2.27. The van der Waals surface area contributed by atoms with E-state index in [1.54, 1.807) is 19.2 Å². The number of ether oxygens (including phenoxy) is 1. The second kappa shape index (κ2) is 5.30. The van der Waals surface area contributed by atoms with E-state index in [9.17, 15) is 9.18 Å². The summed E-state index contributed by atoms with van der Waals surface area (Å²) in [4.78, 5) is 15.7. The first-order chi connectivity index (χ1) is 8.63. The molecule has 2 aromatic heterocycles. The van der Waals surface area contributed by atoms with E-state index < -0.39 is 11.8 Å². The maximum Gasteiger partial charge on any atom is 0.358 e. The average molecular weight is 313 g/mol. The van der Waals surface area contributed by atoms with Crippen LogP contribution in [0.5, 0.6) is 0 Å². The Hall–Kier alpha value is -1.69. The Morgan fingerprint density at radius 1 is 1.56 bits per heavy atom. The summed E-state index contributed by atoms with van der Waals surface area (Å²) in [5, 5.41) is 0. The first kappa shape index (κ1) is 12.8. The second-order valence-electron chi connectivity index (χ2n) is 3.46. The van der Waals surface area contributed by atoms with Gasteiger partial charge < -0.3 is 9.30 Å². The molecule has 0 aliphatic heterocycles. The van der Waals surface area contributed by atoms with Crippen molar-refractivity contribution in [1.29, 1.82) is 0 Å². The van der Waals surface area contributed by atoms with Gasteiger partial charge in [0.25, 0.3) is 0 Å². The first-order valence-corrected chi connectivity index (χ1v) is 6.07. The fraction of sp³-hybridized carbons (Fsp3) is 0.167. The Bertz CT molecular complexity index is 583. The monoisotopic (exact) mass is 312 g/mol. The largest absolute Gasteiger partial charge is 0.461 e. The van der Waals surface area contributed by atoms with E-state index in [4.69, 9.17) is 4.74 Å². The van der Waals surface area contributed by atoms with Gasteiger partial charge in [0.2, 0.25) is 0 Å². The molecule has 4 nitrogen and oxygen atoms in total. The van der Waals surface area contributed by atoms with Gasteiger partial charge in [-0.05, 0) is 35.0 Å². The summed E-state index contributed by atoms with van der Waals surface area (Å²) in [5.41, 5.74) is 0.452. The van der Waals surface area contributed by atoms with Gasteiger partial charge in [-0.3, -0.25) is 4.98 Å². The van der Waals surface area contributed by atoms with Gasteiger partial charge in [-0.15, -0.1) is 0 Å². The second-order valence-corrected chi connectivity index (χ2v) is 4.38. The van der Waals surface area contributed by atoms with Crippen molar-refractivity contribution in [3.63, 3.8) is 0 Å². The predicted molar refractivity (Wildman–Crippen MR) is 67.2 cm³/mol. The Balaban J connectivity index is 2.49. The summed E-state index contributed by atoms with van der Waals surface area (Å²) in [6, 6.07) is 2.95. The van der Waals surface area contributed by atoms with Crippen LogP contribution in [-0.4, -0.2) is 22.1 Å². The molecule has 2 rings (SSSR count). The molecule has 0 N–H and O–H groups in total. The van der Waals surface area contributed by atoms with Crippen molar-refractivity contribution >= 4 is 21.9 Å². The van der Waals surface area contributed by atoms with Crippen LogP contribution in [-0.2, 0) is 4.74 Å². The summed E-state index contributed by atoms with van der Waals surface area (Å²) >= 11 is 3.27. The fourth-order valence-corrected chi connectivity index (χ4v) is 1.90. The minimum Gasteiger partial charge on any atom is -0.461 e. The zero-order valence-electron chi connectivity index (χ0n) is 9.56. The van der Waals surface area contributed by atoms with E-state index in [0.29, 0.717) is 5.69 Å². The van der Waals surface area contributed by atoms with Gasteiger partial charge in [-0.2, -0.15) is 0 Å². The Kier molecular flexibility index (Phi) is 3.76. The summed E-state index contributed by atoms with van der Waals surface area (Å²) in [6.45, 7) is 1.87. The lowest BCUT2D eigenvalue weighted by Gasteiger charge is -2.08. The van der Waals surface area contributed by atoms with Crippen LogP contribution < -0.4 is 0 Å². The molecule has 0 aromatic carbocycles. The molecule has 0 saturated carbocycles. The first-order valence-electron chi connectivity index (χ1n) is 5.28. The van der Waals surface area contributed by atoms with Crippen molar-refractivity contribution in [3.8, 4) is 5.69 Å². The number of carbonyl (C=O) groups is 1. The number of carbonyl (C=O) groups excluding carboxylic acids is 1. The minimum atomic E-state index is -0.694. The molecule has 0 unspecified atom stereocenters. The van der Waals surface area contributed by atoms with Crippen LogP contribution in [0.25, 0.3) is 5.69 Å². The van der Waals surface area contributed by atoms with Gasteiger partial charge in [-0.25, -0.2) is 9.18 Å². The molecule has 0 fully saturated rings. The summed E-state index contributed by atoms with van der Waals surface area (Å²) < 4.78 is 20.6. The Morgan fingerprint density at radius 3 is 3.00 bits per heavy atom. The molecule has 6 heteroatoms. The number of esters is 1. The molecule has 0 bridgehead atoms. The molecular formula is C12H10BrFN2O2. The number of hydrogen-bond acceptors (Lipinski definition) is 3. The molecular weight excluding hydrogens is 303 g/mol. The molecule has 0 amide bonds. The van der Waals surface area contributed by atoms with Crippen LogP contribution in [0, 0.1) is 5.82 Å². The highest BCUT2D eigenvalue weighted by Crippen LogP contribution is 2.19. The number of pyridine rings is 1. The standard InChI is InChI=1S/C12H10BrFN2O2/c1-2-18-12(17)11-10(14)3-4-16(11)9-5-8(13)6-15-7-9/h3-7H,2H2,1H3. The molecule has 18 heavy (non-hydrogen) atoms. The normalized spacial score (nSPS) is 10.4. The van der Waals surface area contributed by atoms with Crippen molar-refractivity contribution < 1.29 is 13.9 Å². The third kappa shape index (κ3) is 2.43. The number of nitrogens with zero attached hydrogens (tertiary/aromatic N) is 2. The topological polar surface area (TPSA) is 44.1 Å². The van der Waals surface area contributed by atoms with Gasteiger partial charge in [0.15, 0.2) is 11.5 Å². The van der Waals surface area contributed by atoms with Crippen molar-refractivity contribution in [1.82, 2.24) is 9.55 Å². The van der Waals surface area contributed by atoms with Gasteiger partial charge in [0.05, 0.1) is 18.5 Å². The quantitative estimate of drug-likeness (QED) is 0.818. The van der Waals surface area contributed by atoms with Crippen LogP contribution in [0.1, 0.15) is 17.4 Å². The van der Waals surface area contributed by atoms with Gasteiger partial charge in [0, 0.05) is 16.9 Å². The summed E-state index contributed by atoms with van der Waals surface area (Å²) in [5.74, 6) is -1.31. The van der Waals surface area contributed by atoms with Crippen molar-refractivity contribution in [2.75, 3.05) is 6.61 Å². The molecule has 0 radical (unpaired) electrons. The van der Waals surface area contributed by atoms with Crippen molar-refractivity contribution in [2.45, 2.75) is 6.92 Å². The lowest BCUT2D eigenvalue weighted by Crippen LogP contribution is -2.12. The molecule has 0 saturated heterocycles. The van der Waals surface area contributed by atoms with Crippen LogP contribution in [0.15, 0.2) is 35.2 Å². The van der Waals surface area contributed by atoms with E-state index in [-0.39, 0.29) is 12.3 Å². The molecule has 0 aliphatic rings. The molecule has 0 spiro atoms. The predicted octanol–water partition coefficient (Wildman–Crippen LogP) is 2.95. The third-order valence-corrected chi connectivity index (χ3v) is 2.71. The van der Waals surface area contributed by atoms with Gasteiger partial charge in [-0.1, -0.05) is 0 Å². The summed E-state index contributed by atoms with van der Waals surface area (Å²) in [6.07, 6.45) is 4.60. The zero-order valence-corrected chi connectivity index (χ0v) is 11.1. The van der Waals surface area contributed by atoms with Crippen LogP contribution >= 0.6 is 15.9 Å². The van der Waals surface area contributed by atoms with E-state index >= 15 is 0 Å². The lowest BCUT2D eigenvalue weighted by molar-refractivity contribution is 0.0511. The number of halogens is 2. The lowest BCUT2D eigenvalue weighted by atomic mass is 10.3. The van der Waals surface area contributed by atoms with E-state index in [0.717, 1.165) is 4.47 Å². The van der Waals surface area contributed by atoms with E-state index in [2.05, 4.69) is 20.9 Å². The maximum absolute atomic E-state index is 13.6. The average Bonchev–Trinajstić information content (AvgIpc) is 2.71. The van der Waals surface area contributed by atoms with E-state index in [1.807, 2.05) is 0 Å². The summed E-state index contributed by atoms with van der Waals surface area (Å²) in [7, 11) is 0. The van der Waals surface area contributed by atoms with Crippen molar-refractivity contribution in [2.24, 2.45) is 0 Å². The molecule has 0 aliphatic carbocycles. The highest BCUT2D eigenvalue weighted by molar-refractivity contribution is 9.10. The molecule has 0 atom stereocenters. The highest BCUT2D eigenvalue weighted by Gasteiger charge is 2.19. The molecule has 2 aromatic rings. The maximum atomic E-state index is 13.6. The highest BCUT2D eigenvalue weighted by atomic mass is 79.9. The SMILES string of the molecule is CCOC(=O)c1c(F)ccn1-c1cncc(Br)c1. The Labute approximate surface area is 112 Å². The number of aromatic nitrogens is 2. The van der Waals surface area contributed by atoms with Crippen LogP contribution in [0.3, 0.4) is 0 Å². The van der Waals surface area contributed by atoms with E-state index in [1.165, 1.54) is 23.0 Å². The van der Waals surface area contributed by atoms with Crippen LogP contribution in [0.4, 0.5) is 4.39 Å². The minimum absolute atomic E-state index is 0.128. The van der Waals surface area contributed by atoms with Crippen molar-refractivity contribution in [3.05, 3.63) is 46.7 Å². The number of rotatable bonds is 3. The fourth-order valence-electron chi connectivity index (χ4n) is 1.55. The van der Waals surface area contributed by atoms with Crippen LogP contribution in [0.2, 0.25) is 0 Å². The Morgan fingerprint density at radius 2 is 2.33 bits per heavy atom. The molecule has 2 heterocycles. The molecule has 94 valence electrons. The zero-order chi connectivity index (χ0) is 13.1. The van der Waals surface area contributed by atoms with Gasteiger partial charge >= 0.3 is 5.97 Å². The smallest absolute Gasteiger partial charge is 0.358 e. The number of hydrogen-bond donors (Lipinski definition) is 0. The van der Waals surface area contributed by atoms with Gasteiger partial charge in [0.1, 0.15) is 0 Å².